The molecule has 1 aromatic heterocycles. The first kappa shape index (κ1) is 19.2. The molecule has 1 atom stereocenters. The van der Waals surface area contributed by atoms with Crippen molar-refractivity contribution in [1.82, 2.24) is 19.7 Å². The highest BCUT2D eigenvalue weighted by molar-refractivity contribution is 5.99. The maximum atomic E-state index is 12.7. The highest BCUT2D eigenvalue weighted by Crippen LogP contribution is 2.39. The summed E-state index contributed by atoms with van der Waals surface area (Å²) < 4.78 is 7.41. The van der Waals surface area contributed by atoms with Gasteiger partial charge in [0, 0.05) is 30.8 Å². The fourth-order valence-corrected chi connectivity index (χ4v) is 3.96. The van der Waals surface area contributed by atoms with Gasteiger partial charge < -0.3 is 15.0 Å². The first-order chi connectivity index (χ1) is 14.1. The van der Waals surface area contributed by atoms with E-state index < -0.39 is 0 Å². The Labute approximate surface area is 169 Å². The summed E-state index contributed by atoms with van der Waals surface area (Å²) in [5.41, 5.74) is 2.64. The monoisotopic (exact) mass is 395 g/mol. The largest absolute Gasteiger partial charge is 0.484 e. The van der Waals surface area contributed by atoms with Crippen LogP contribution in [0.2, 0.25) is 0 Å². The summed E-state index contributed by atoms with van der Waals surface area (Å²) in [7, 11) is 0. The molecule has 2 heterocycles. The van der Waals surface area contributed by atoms with Gasteiger partial charge in [-0.25, -0.2) is 4.68 Å². The first-order valence-electron chi connectivity index (χ1n) is 10.1. The van der Waals surface area contributed by atoms with Crippen molar-refractivity contribution in [3.63, 3.8) is 0 Å². The van der Waals surface area contributed by atoms with Crippen LogP contribution in [0.3, 0.4) is 0 Å². The van der Waals surface area contributed by atoms with E-state index >= 15 is 0 Å². The maximum absolute atomic E-state index is 12.7. The fraction of sp³-hybridized carbons (Fsp3) is 0.429. The molecular formula is C21H25N5O3. The topological polar surface area (TPSA) is 89.3 Å². The molecule has 1 amide bonds. The summed E-state index contributed by atoms with van der Waals surface area (Å²) in [6, 6.07) is 7.20. The normalized spacial score (nSPS) is 18.0. The molecule has 1 N–H and O–H groups in total. The summed E-state index contributed by atoms with van der Waals surface area (Å²) in [4.78, 5) is 30.8. The van der Waals surface area contributed by atoms with Crippen molar-refractivity contribution >= 4 is 17.6 Å². The van der Waals surface area contributed by atoms with E-state index in [4.69, 9.17) is 4.74 Å². The molecule has 0 fully saturated rings. The van der Waals surface area contributed by atoms with Gasteiger partial charge in [0.25, 0.3) is 5.91 Å². The number of allylic oxidation sites excluding steroid dienone is 2. The van der Waals surface area contributed by atoms with Crippen LogP contribution >= 0.6 is 0 Å². The first-order valence-corrected chi connectivity index (χ1v) is 10.1. The third-order valence-corrected chi connectivity index (χ3v) is 5.48. The van der Waals surface area contributed by atoms with Crippen molar-refractivity contribution in [1.29, 1.82) is 0 Å². The number of benzene rings is 1. The van der Waals surface area contributed by atoms with Gasteiger partial charge in [-0.3, -0.25) is 9.59 Å². The summed E-state index contributed by atoms with van der Waals surface area (Å²) in [6.07, 6.45) is 3.72. The van der Waals surface area contributed by atoms with Crippen molar-refractivity contribution in [2.24, 2.45) is 0 Å². The van der Waals surface area contributed by atoms with Gasteiger partial charge in [0.2, 0.25) is 5.95 Å². The minimum Gasteiger partial charge on any atom is -0.484 e. The van der Waals surface area contributed by atoms with Crippen LogP contribution in [0.15, 0.2) is 41.9 Å². The number of nitrogens with zero attached hydrogens (tertiary/aromatic N) is 4. The number of ketones is 1. The quantitative estimate of drug-likeness (QED) is 0.809. The van der Waals surface area contributed by atoms with Crippen LogP contribution in [0.4, 0.5) is 5.95 Å². The van der Waals surface area contributed by atoms with E-state index in [1.807, 2.05) is 38.1 Å². The van der Waals surface area contributed by atoms with E-state index in [1.165, 1.54) is 6.33 Å². The Morgan fingerprint density at radius 3 is 2.72 bits per heavy atom. The number of likely N-dealkylation sites (N-methyl/N-ethyl adjacent to an activating group) is 1. The number of Topliss-reactive ketones (excluding diaryl/α,β-unsaturated/α-hetero) is 1. The molecule has 0 unspecified atom stereocenters. The van der Waals surface area contributed by atoms with Crippen molar-refractivity contribution in [3.05, 3.63) is 47.4 Å². The second-order valence-electron chi connectivity index (χ2n) is 7.15. The smallest absolute Gasteiger partial charge is 0.260 e. The summed E-state index contributed by atoms with van der Waals surface area (Å²) in [5, 5.41) is 7.59. The fourth-order valence-electron chi connectivity index (χ4n) is 3.96. The second-order valence-corrected chi connectivity index (χ2v) is 7.15. The average Bonchev–Trinajstić information content (AvgIpc) is 3.20. The number of ether oxygens (including phenoxy) is 1. The van der Waals surface area contributed by atoms with Gasteiger partial charge in [0.1, 0.15) is 18.1 Å². The number of rotatable bonds is 6. The molecule has 29 heavy (non-hydrogen) atoms. The molecule has 0 saturated carbocycles. The van der Waals surface area contributed by atoms with E-state index in [2.05, 4.69) is 15.4 Å². The van der Waals surface area contributed by atoms with Gasteiger partial charge in [0.05, 0.1) is 0 Å². The number of hydrogen-bond donors (Lipinski definition) is 1. The van der Waals surface area contributed by atoms with Gasteiger partial charge in [-0.15, -0.1) is 0 Å². The second kappa shape index (κ2) is 8.06. The third-order valence-electron chi connectivity index (χ3n) is 5.48. The van der Waals surface area contributed by atoms with E-state index in [-0.39, 0.29) is 24.3 Å². The standard InChI is InChI=1S/C21H25N5O3/c1-3-25(4-2)18(28)12-29-15-10-8-14(9-11-15)20-19-16(6-5-7-17(19)27)24-21-22-13-23-26(20)21/h8-11,13,20H,3-7,12H2,1-2H3,(H,22,23,24)/t20-/m0/s1. The molecule has 8 nitrogen and oxygen atoms in total. The van der Waals surface area contributed by atoms with Crippen molar-refractivity contribution < 1.29 is 14.3 Å². The summed E-state index contributed by atoms with van der Waals surface area (Å²) in [6.45, 7) is 5.24. The number of aromatic nitrogens is 3. The number of hydrogen-bond acceptors (Lipinski definition) is 6. The Balaban J connectivity index is 1.56. The molecule has 1 aliphatic heterocycles. The summed E-state index contributed by atoms with van der Waals surface area (Å²) in [5.74, 6) is 1.38. The zero-order chi connectivity index (χ0) is 20.4. The van der Waals surface area contributed by atoms with Crippen LogP contribution in [0, 0.1) is 0 Å². The molecular weight excluding hydrogens is 370 g/mol. The molecule has 8 heteroatoms. The Bertz CT molecular complexity index is 943. The lowest BCUT2D eigenvalue weighted by Crippen LogP contribution is -2.34. The molecule has 4 rings (SSSR count). The van der Waals surface area contributed by atoms with Crippen molar-refractivity contribution in [2.45, 2.75) is 39.2 Å². The van der Waals surface area contributed by atoms with E-state index in [9.17, 15) is 9.59 Å². The van der Waals surface area contributed by atoms with Crippen LogP contribution < -0.4 is 10.1 Å². The van der Waals surface area contributed by atoms with E-state index in [1.54, 1.807) is 9.58 Å². The van der Waals surface area contributed by atoms with Crippen molar-refractivity contribution in [2.75, 3.05) is 25.0 Å². The molecule has 1 aromatic carbocycles. The van der Waals surface area contributed by atoms with Crippen LogP contribution in [-0.2, 0) is 9.59 Å². The number of carbonyl (C=O) groups is 2. The number of anilines is 1. The maximum Gasteiger partial charge on any atom is 0.260 e. The lowest BCUT2D eigenvalue weighted by atomic mass is 9.85. The number of carbonyl (C=O) groups excluding carboxylic acids is 2. The Morgan fingerprint density at radius 1 is 1.24 bits per heavy atom. The summed E-state index contributed by atoms with van der Waals surface area (Å²) >= 11 is 0. The number of nitrogens with one attached hydrogen (secondary N) is 1. The molecule has 0 bridgehead atoms. The predicted molar refractivity (Wildman–Crippen MR) is 108 cm³/mol. The van der Waals surface area contributed by atoms with Crippen molar-refractivity contribution in [3.8, 4) is 5.75 Å². The highest BCUT2D eigenvalue weighted by Gasteiger charge is 2.35. The zero-order valence-corrected chi connectivity index (χ0v) is 16.7. The van der Waals surface area contributed by atoms with E-state index in [0.29, 0.717) is 31.2 Å². The van der Waals surface area contributed by atoms with Gasteiger partial charge in [-0.1, -0.05) is 12.1 Å². The zero-order valence-electron chi connectivity index (χ0n) is 16.7. The number of fused-ring (bicyclic) bond motifs is 1. The minimum atomic E-state index is -0.303. The average molecular weight is 395 g/mol. The van der Waals surface area contributed by atoms with Gasteiger partial charge in [-0.2, -0.15) is 10.1 Å². The van der Waals surface area contributed by atoms with Crippen LogP contribution in [0.5, 0.6) is 5.75 Å². The van der Waals surface area contributed by atoms with Crippen LogP contribution in [-0.4, -0.2) is 51.1 Å². The molecule has 0 radical (unpaired) electrons. The third kappa shape index (κ3) is 3.62. The molecule has 1 aliphatic carbocycles. The lowest BCUT2D eigenvalue weighted by Gasteiger charge is -2.32. The molecule has 152 valence electrons. The van der Waals surface area contributed by atoms with Crippen LogP contribution in [0.25, 0.3) is 0 Å². The van der Waals surface area contributed by atoms with E-state index in [0.717, 1.165) is 29.7 Å². The van der Waals surface area contributed by atoms with Gasteiger partial charge in [-0.05, 0) is 44.4 Å². The lowest BCUT2D eigenvalue weighted by molar-refractivity contribution is -0.133. The molecule has 0 spiro atoms. The highest BCUT2D eigenvalue weighted by atomic mass is 16.5. The van der Waals surface area contributed by atoms with Gasteiger partial charge >= 0.3 is 0 Å². The van der Waals surface area contributed by atoms with Gasteiger partial charge in [0.15, 0.2) is 12.4 Å². The molecule has 0 saturated heterocycles. The SMILES string of the molecule is CCN(CC)C(=O)COc1ccc([C@H]2C3=C(CCCC3=O)Nc3ncnn32)cc1. The Hall–Kier alpha value is -3.16. The Kier molecular flexibility index (Phi) is 5.33. The van der Waals surface area contributed by atoms with Crippen LogP contribution in [0.1, 0.15) is 44.7 Å². The molecule has 2 aliphatic rings. The minimum absolute atomic E-state index is 0.00931. The number of amides is 1. The Morgan fingerprint density at radius 2 is 2.00 bits per heavy atom. The predicted octanol–water partition coefficient (Wildman–Crippen LogP) is 2.55. The molecule has 2 aromatic rings.